The molecular formula is C30H32F3N5O2. The highest BCUT2D eigenvalue weighted by molar-refractivity contribution is 5.89. The van der Waals surface area contributed by atoms with E-state index in [2.05, 4.69) is 5.32 Å². The molecule has 1 unspecified atom stereocenters. The molecule has 1 N–H and O–H groups in total. The van der Waals surface area contributed by atoms with Gasteiger partial charge in [0.1, 0.15) is 5.82 Å². The number of urea groups is 1. The van der Waals surface area contributed by atoms with Crippen LogP contribution in [0.25, 0.3) is 16.6 Å². The average molecular weight is 552 g/mol. The van der Waals surface area contributed by atoms with Crippen molar-refractivity contribution in [2.75, 3.05) is 32.5 Å². The second kappa shape index (κ2) is 11.9. The van der Waals surface area contributed by atoms with Crippen molar-refractivity contribution >= 4 is 22.6 Å². The van der Waals surface area contributed by atoms with Crippen molar-refractivity contribution in [3.8, 4) is 5.69 Å². The average Bonchev–Trinajstić information content (AvgIpc) is 2.92. The van der Waals surface area contributed by atoms with Gasteiger partial charge in [0.05, 0.1) is 28.2 Å². The number of amides is 2. The summed E-state index contributed by atoms with van der Waals surface area (Å²) in [5.41, 5.74) is 1.40. The molecule has 0 spiro atoms. The van der Waals surface area contributed by atoms with Gasteiger partial charge in [0, 0.05) is 18.8 Å². The zero-order valence-corrected chi connectivity index (χ0v) is 22.9. The quantitative estimate of drug-likeness (QED) is 0.286. The minimum atomic E-state index is -4.48. The highest BCUT2D eigenvalue weighted by Crippen LogP contribution is 2.30. The van der Waals surface area contributed by atoms with Crippen LogP contribution in [-0.4, -0.2) is 52.6 Å². The molecule has 1 aromatic heterocycles. The Bertz CT molecular complexity index is 1530. The number of carbonyl (C=O) groups excluding carboxylic acids is 1. The molecule has 0 saturated carbocycles. The van der Waals surface area contributed by atoms with Crippen molar-refractivity contribution < 1.29 is 18.0 Å². The first-order valence-corrected chi connectivity index (χ1v) is 13.0. The maximum atomic E-state index is 13.8. The number of aryl methyl sites for hydroxylation is 1. The SMILES string of the molecule is CCc1ccc(-n2c(C(C)N(CCN(C)C)C(=O)Nc3ccc(C(F)(F)F)cc3)nc3ccccc3c2=O)cc1. The van der Waals surface area contributed by atoms with E-state index in [0.29, 0.717) is 29.0 Å². The number of aromatic nitrogens is 2. The van der Waals surface area contributed by atoms with E-state index in [4.69, 9.17) is 4.98 Å². The van der Waals surface area contributed by atoms with E-state index in [1.807, 2.05) is 50.2 Å². The Morgan fingerprint density at radius 1 is 0.975 bits per heavy atom. The number of halogens is 3. The van der Waals surface area contributed by atoms with E-state index < -0.39 is 23.8 Å². The fraction of sp³-hybridized carbons (Fsp3) is 0.300. The van der Waals surface area contributed by atoms with Crippen molar-refractivity contribution in [3.63, 3.8) is 0 Å². The number of nitrogens with zero attached hydrogens (tertiary/aromatic N) is 4. The van der Waals surface area contributed by atoms with E-state index >= 15 is 0 Å². The smallest absolute Gasteiger partial charge is 0.313 e. The van der Waals surface area contributed by atoms with Crippen molar-refractivity contribution in [2.24, 2.45) is 0 Å². The Morgan fingerprint density at radius 3 is 2.23 bits per heavy atom. The highest BCUT2D eigenvalue weighted by Gasteiger charge is 2.31. The number of rotatable bonds is 8. The molecule has 10 heteroatoms. The van der Waals surface area contributed by atoms with E-state index in [1.165, 1.54) is 21.6 Å². The molecule has 3 aromatic carbocycles. The fourth-order valence-electron chi connectivity index (χ4n) is 4.42. The van der Waals surface area contributed by atoms with E-state index in [0.717, 1.165) is 24.1 Å². The molecule has 0 aliphatic rings. The van der Waals surface area contributed by atoms with Gasteiger partial charge in [0.2, 0.25) is 0 Å². The number of likely N-dealkylation sites (N-methyl/N-ethyl adjacent to an activating group) is 1. The topological polar surface area (TPSA) is 70.5 Å². The van der Waals surface area contributed by atoms with Gasteiger partial charge in [-0.3, -0.25) is 9.36 Å². The zero-order chi connectivity index (χ0) is 29.0. The Kier molecular flexibility index (Phi) is 8.58. The maximum absolute atomic E-state index is 13.8. The highest BCUT2D eigenvalue weighted by atomic mass is 19.4. The van der Waals surface area contributed by atoms with Crippen molar-refractivity contribution in [1.29, 1.82) is 0 Å². The molecule has 0 radical (unpaired) electrons. The largest absolute Gasteiger partial charge is 0.416 e. The Hall–Kier alpha value is -4.18. The summed E-state index contributed by atoms with van der Waals surface area (Å²) in [6, 6.07) is 17.8. The third-order valence-electron chi connectivity index (χ3n) is 6.76. The molecule has 40 heavy (non-hydrogen) atoms. The van der Waals surface area contributed by atoms with Crippen LogP contribution in [0.4, 0.5) is 23.7 Å². The fourth-order valence-corrected chi connectivity index (χ4v) is 4.42. The molecule has 0 saturated heterocycles. The lowest BCUT2D eigenvalue weighted by atomic mass is 10.1. The predicted octanol–water partition coefficient (Wildman–Crippen LogP) is 6.12. The number of anilines is 1. The van der Waals surface area contributed by atoms with Gasteiger partial charge in [-0.1, -0.05) is 31.2 Å². The molecule has 210 valence electrons. The van der Waals surface area contributed by atoms with Crippen LogP contribution in [0.2, 0.25) is 0 Å². The summed E-state index contributed by atoms with van der Waals surface area (Å²) in [6.45, 7) is 4.62. The molecule has 1 atom stereocenters. The maximum Gasteiger partial charge on any atom is 0.416 e. The third kappa shape index (κ3) is 6.34. The van der Waals surface area contributed by atoms with Gasteiger partial charge in [-0.25, -0.2) is 9.78 Å². The van der Waals surface area contributed by atoms with Gasteiger partial charge in [0.25, 0.3) is 5.56 Å². The third-order valence-corrected chi connectivity index (χ3v) is 6.76. The minimum absolute atomic E-state index is 0.221. The van der Waals surface area contributed by atoms with Crippen LogP contribution in [0.5, 0.6) is 0 Å². The van der Waals surface area contributed by atoms with Gasteiger partial charge in [-0.2, -0.15) is 13.2 Å². The summed E-state index contributed by atoms with van der Waals surface area (Å²) in [5, 5.41) is 3.16. The number of hydrogen-bond acceptors (Lipinski definition) is 4. The number of hydrogen-bond donors (Lipinski definition) is 1. The Morgan fingerprint density at radius 2 is 1.62 bits per heavy atom. The number of para-hydroxylation sites is 1. The number of nitrogens with one attached hydrogen (secondary N) is 1. The number of alkyl halides is 3. The van der Waals surface area contributed by atoms with E-state index in [-0.39, 0.29) is 17.8 Å². The summed E-state index contributed by atoms with van der Waals surface area (Å²) >= 11 is 0. The normalized spacial score (nSPS) is 12.5. The lowest BCUT2D eigenvalue weighted by Crippen LogP contribution is -2.43. The number of carbonyl (C=O) groups is 1. The molecular weight excluding hydrogens is 519 g/mol. The number of benzene rings is 3. The van der Waals surface area contributed by atoms with Crippen LogP contribution in [0, 0.1) is 0 Å². The Balaban J connectivity index is 1.77. The van der Waals surface area contributed by atoms with Crippen LogP contribution < -0.4 is 10.9 Å². The summed E-state index contributed by atoms with van der Waals surface area (Å²) in [4.78, 5) is 35.6. The molecule has 0 fully saturated rings. The lowest BCUT2D eigenvalue weighted by Gasteiger charge is -2.31. The van der Waals surface area contributed by atoms with Crippen LogP contribution in [0.3, 0.4) is 0 Å². The van der Waals surface area contributed by atoms with E-state index in [9.17, 15) is 22.8 Å². The summed E-state index contributed by atoms with van der Waals surface area (Å²) in [7, 11) is 3.74. The van der Waals surface area contributed by atoms with Crippen molar-refractivity contribution in [3.05, 3.63) is 100 Å². The van der Waals surface area contributed by atoms with Gasteiger partial charge >= 0.3 is 12.2 Å². The Labute approximate surface area is 230 Å². The van der Waals surface area contributed by atoms with Crippen molar-refractivity contribution in [2.45, 2.75) is 32.5 Å². The first-order chi connectivity index (χ1) is 19.0. The second-order valence-electron chi connectivity index (χ2n) is 9.83. The number of fused-ring (bicyclic) bond motifs is 1. The molecule has 7 nitrogen and oxygen atoms in total. The predicted molar refractivity (Wildman–Crippen MR) is 151 cm³/mol. The van der Waals surface area contributed by atoms with Gasteiger partial charge in [-0.15, -0.1) is 0 Å². The lowest BCUT2D eigenvalue weighted by molar-refractivity contribution is -0.137. The summed E-state index contributed by atoms with van der Waals surface area (Å²) in [6.07, 6.45) is -3.63. The van der Waals surface area contributed by atoms with Gasteiger partial charge in [0.15, 0.2) is 0 Å². The first kappa shape index (κ1) is 28.8. The van der Waals surface area contributed by atoms with Crippen molar-refractivity contribution in [1.82, 2.24) is 19.4 Å². The summed E-state index contributed by atoms with van der Waals surface area (Å²) < 4.78 is 40.6. The molecule has 0 aliphatic carbocycles. The molecule has 4 rings (SSSR count). The van der Waals surface area contributed by atoms with Gasteiger partial charge in [-0.05, 0) is 81.5 Å². The molecule has 0 aliphatic heterocycles. The minimum Gasteiger partial charge on any atom is -0.313 e. The zero-order valence-electron chi connectivity index (χ0n) is 22.9. The summed E-state index contributed by atoms with van der Waals surface area (Å²) in [5.74, 6) is 0.370. The van der Waals surface area contributed by atoms with Gasteiger partial charge < -0.3 is 15.1 Å². The van der Waals surface area contributed by atoms with Crippen LogP contribution >= 0.6 is 0 Å². The second-order valence-corrected chi connectivity index (χ2v) is 9.83. The molecule has 1 heterocycles. The standard InChI is InChI=1S/C30H32F3N5O2/c1-5-21-10-16-24(17-11-21)38-27(35-26-9-7-6-8-25(26)28(38)39)20(2)37(19-18-36(3)4)29(40)34-23-14-12-22(13-15-23)30(31,32)33/h6-17,20H,5,18-19H2,1-4H3,(H,34,40). The van der Waals surface area contributed by atoms with E-state index in [1.54, 1.807) is 31.2 Å². The first-order valence-electron chi connectivity index (χ1n) is 13.0. The van der Waals surface area contributed by atoms with Crippen LogP contribution in [-0.2, 0) is 12.6 Å². The van der Waals surface area contributed by atoms with Crippen LogP contribution in [0.1, 0.15) is 36.8 Å². The monoisotopic (exact) mass is 551 g/mol. The molecule has 0 bridgehead atoms. The van der Waals surface area contributed by atoms with Crippen LogP contribution in [0.15, 0.2) is 77.6 Å². The molecule has 4 aromatic rings. The molecule has 2 amide bonds.